The van der Waals surface area contributed by atoms with E-state index in [2.05, 4.69) is 11.6 Å². The van der Waals surface area contributed by atoms with E-state index >= 15 is 0 Å². The van der Waals surface area contributed by atoms with Gasteiger partial charge >= 0.3 is 5.69 Å². The van der Waals surface area contributed by atoms with Crippen LogP contribution in [0.15, 0.2) is 11.4 Å². The maximum Gasteiger partial charge on any atom is 0.325 e. The number of rotatable bonds is 1. The van der Waals surface area contributed by atoms with Crippen LogP contribution in [0.5, 0.6) is 0 Å². The minimum atomic E-state index is -0.0904. The number of H-pyrrole nitrogens is 1. The molecule has 3 nitrogen and oxygen atoms in total. The zero-order valence-electron chi connectivity index (χ0n) is 6.14. The maximum absolute atomic E-state index is 10.9. The van der Waals surface area contributed by atoms with Gasteiger partial charge in [0.05, 0.1) is 5.69 Å². The molecule has 1 N–H and O–H groups in total. The molecule has 0 aromatic carbocycles. The summed E-state index contributed by atoms with van der Waals surface area (Å²) >= 11 is 0. The molecule has 0 atom stereocenters. The normalized spacial score (nSPS) is 9.80. The van der Waals surface area contributed by atoms with Crippen molar-refractivity contribution in [2.75, 3.05) is 0 Å². The van der Waals surface area contributed by atoms with Crippen molar-refractivity contribution in [3.63, 3.8) is 0 Å². The van der Waals surface area contributed by atoms with Crippen LogP contribution in [0.25, 0.3) is 6.08 Å². The zero-order valence-corrected chi connectivity index (χ0v) is 6.14. The monoisotopic (exact) mass is 138 g/mol. The average Bonchev–Trinajstić information content (AvgIpc) is 2.17. The van der Waals surface area contributed by atoms with Crippen LogP contribution < -0.4 is 5.69 Å². The van der Waals surface area contributed by atoms with Gasteiger partial charge in [-0.2, -0.15) is 0 Å². The fourth-order valence-corrected chi connectivity index (χ4v) is 0.821. The van der Waals surface area contributed by atoms with Crippen LogP contribution in [0.3, 0.4) is 0 Å². The van der Waals surface area contributed by atoms with Gasteiger partial charge in [-0.15, -0.1) is 0 Å². The Bertz CT molecular complexity index is 306. The molecule has 0 amide bonds. The van der Waals surface area contributed by atoms with Crippen molar-refractivity contribution >= 4 is 6.08 Å². The Labute approximate surface area is 59.0 Å². The lowest BCUT2D eigenvalue weighted by atomic mass is 10.3. The molecule has 0 aliphatic heterocycles. The van der Waals surface area contributed by atoms with Gasteiger partial charge < -0.3 is 4.98 Å². The van der Waals surface area contributed by atoms with Crippen LogP contribution >= 0.6 is 0 Å². The van der Waals surface area contributed by atoms with Crippen LogP contribution in [0, 0.1) is 6.92 Å². The molecular weight excluding hydrogens is 128 g/mol. The third-order valence-corrected chi connectivity index (χ3v) is 1.64. The van der Waals surface area contributed by atoms with Gasteiger partial charge in [-0.3, -0.25) is 4.57 Å². The molecule has 0 bridgehead atoms. The molecule has 0 spiro atoms. The van der Waals surface area contributed by atoms with Crippen molar-refractivity contribution < 1.29 is 0 Å². The average molecular weight is 138 g/mol. The molecule has 3 heteroatoms. The number of imidazole rings is 1. The Kier molecular flexibility index (Phi) is 1.49. The van der Waals surface area contributed by atoms with Crippen molar-refractivity contribution in [3.8, 4) is 0 Å². The van der Waals surface area contributed by atoms with E-state index in [-0.39, 0.29) is 5.69 Å². The minimum Gasteiger partial charge on any atom is -0.306 e. The minimum absolute atomic E-state index is 0.0904. The van der Waals surface area contributed by atoms with E-state index in [1.807, 2.05) is 6.92 Å². The standard InChI is InChI=1S/C7H10N2O/c1-4-6-5(2)9(3)7(10)8-6/h4H,1H2,2-3H3,(H,8,10). The van der Waals surface area contributed by atoms with Gasteiger partial charge in [-0.05, 0) is 13.0 Å². The smallest absolute Gasteiger partial charge is 0.306 e. The Morgan fingerprint density at radius 1 is 1.70 bits per heavy atom. The molecule has 0 unspecified atom stereocenters. The first-order chi connectivity index (χ1) is 4.66. The summed E-state index contributed by atoms with van der Waals surface area (Å²) in [5, 5.41) is 0. The van der Waals surface area contributed by atoms with Crippen molar-refractivity contribution in [1.82, 2.24) is 9.55 Å². The highest BCUT2D eigenvalue weighted by molar-refractivity contribution is 5.44. The van der Waals surface area contributed by atoms with Gasteiger partial charge in [-0.1, -0.05) is 6.58 Å². The third-order valence-electron chi connectivity index (χ3n) is 1.64. The predicted octanol–water partition coefficient (Wildman–Crippen LogP) is 0.665. The highest BCUT2D eigenvalue weighted by atomic mass is 16.1. The van der Waals surface area contributed by atoms with E-state index in [0.29, 0.717) is 0 Å². The highest BCUT2D eigenvalue weighted by Crippen LogP contribution is 2.00. The van der Waals surface area contributed by atoms with E-state index in [1.54, 1.807) is 17.7 Å². The molecule has 0 aliphatic rings. The topological polar surface area (TPSA) is 37.8 Å². The SMILES string of the molecule is C=Cc1[nH]c(=O)n(C)c1C. The van der Waals surface area contributed by atoms with E-state index in [9.17, 15) is 4.79 Å². The summed E-state index contributed by atoms with van der Waals surface area (Å²) in [7, 11) is 1.72. The quantitative estimate of drug-likeness (QED) is 0.608. The molecule has 1 aromatic rings. The highest BCUT2D eigenvalue weighted by Gasteiger charge is 2.00. The number of aromatic amines is 1. The molecule has 54 valence electrons. The summed E-state index contributed by atoms with van der Waals surface area (Å²) < 4.78 is 1.55. The number of hydrogen-bond acceptors (Lipinski definition) is 1. The van der Waals surface area contributed by atoms with Crippen LogP contribution in [0.4, 0.5) is 0 Å². The van der Waals surface area contributed by atoms with E-state index in [0.717, 1.165) is 11.4 Å². The summed E-state index contributed by atoms with van der Waals surface area (Å²) in [5.41, 5.74) is 1.62. The fourth-order valence-electron chi connectivity index (χ4n) is 0.821. The Balaban J connectivity index is 3.45. The largest absolute Gasteiger partial charge is 0.325 e. The first-order valence-electron chi connectivity index (χ1n) is 3.05. The lowest BCUT2D eigenvalue weighted by Gasteiger charge is -1.91. The summed E-state index contributed by atoms with van der Waals surface area (Å²) in [5.74, 6) is 0. The predicted molar refractivity (Wildman–Crippen MR) is 40.9 cm³/mol. The zero-order chi connectivity index (χ0) is 7.72. The first-order valence-corrected chi connectivity index (χ1v) is 3.05. The number of hydrogen-bond donors (Lipinski definition) is 1. The molecule has 0 radical (unpaired) electrons. The van der Waals surface area contributed by atoms with Crippen LogP contribution in [0.2, 0.25) is 0 Å². The van der Waals surface area contributed by atoms with Crippen molar-refractivity contribution in [3.05, 3.63) is 28.5 Å². The first kappa shape index (κ1) is 6.86. The fraction of sp³-hybridized carbons (Fsp3) is 0.286. The van der Waals surface area contributed by atoms with E-state index in [1.165, 1.54) is 0 Å². The number of aromatic nitrogens is 2. The number of nitrogens with one attached hydrogen (secondary N) is 1. The van der Waals surface area contributed by atoms with Crippen LogP contribution in [-0.2, 0) is 7.05 Å². The molecule has 0 saturated carbocycles. The van der Waals surface area contributed by atoms with Gasteiger partial charge in [0, 0.05) is 12.7 Å². The maximum atomic E-state index is 10.9. The van der Waals surface area contributed by atoms with Crippen molar-refractivity contribution in [2.45, 2.75) is 6.92 Å². The van der Waals surface area contributed by atoms with Crippen LogP contribution in [-0.4, -0.2) is 9.55 Å². The lowest BCUT2D eigenvalue weighted by molar-refractivity contribution is 0.830. The molecule has 1 heterocycles. The molecule has 10 heavy (non-hydrogen) atoms. The summed E-state index contributed by atoms with van der Waals surface area (Å²) in [4.78, 5) is 13.5. The Morgan fingerprint density at radius 3 is 2.50 bits per heavy atom. The second kappa shape index (κ2) is 2.17. The Morgan fingerprint density at radius 2 is 2.30 bits per heavy atom. The summed E-state index contributed by atoms with van der Waals surface area (Å²) in [6.45, 7) is 5.43. The summed E-state index contributed by atoms with van der Waals surface area (Å²) in [6.07, 6.45) is 1.64. The van der Waals surface area contributed by atoms with Gasteiger partial charge in [0.25, 0.3) is 0 Å². The molecular formula is C7H10N2O. The van der Waals surface area contributed by atoms with Gasteiger partial charge in [0.2, 0.25) is 0 Å². The van der Waals surface area contributed by atoms with Gasteiger partial charge in [0.15, 0.2) is 0 Å². The van der Waals surface area contributed by atoms with E-state index in [4.69, 9.17) is 0 Å². The van der Waals surface area contributed by atoms with Crippen molar-refractivity contribution in [2.24, 2.45) is 7.05 Å². The molecule has 0 fully saturated rings. The number of nitrogens with zero attached hydrogens (tertiary/aromatic N) is 1. The lowest BCUT2D eigenvalue weighted by Crippen LogP contribution is -2.12. The molecule has 1 aromatic heterocycles. The second-order valence-corrected chi connectivity index (χ2v) is 2.19. The third kappa shape index (κ3) is 0.795. The van der Waals surface area contributed by atoms with Crippen molar-refractivity contribution in [1.29, 1.82) is 0 Å². The Hall–Kier alpha value is -1.25. The molecule has 0 aliphatic carbocycles. The summed E-state index contributed by atoms with van der Waals surface area (Å²) in [6, 6.07) is 0. The second-order valence-electron chi connectivity index (χ2n) is 2.19. The molecule has 1 rings (SSSR count). The van der Waals surface area contributed by atoms with Crippen LogP contribution in [0.1, 0.15) is 11.4 Å². The molecule has 0 saturated heterocycles. The van der Waals surface area contributed by atoms with Gasteiger partial charge in [0.1, 0.15) is 0 Å². The van der Waals surface area contributed by atoms with Gasteiger partial charge in [-0.25, -0.2) is 4.79 Å². The van der Waals surface area contributed by atoms with E-state index < -0.39 is 0 Å².